The fraction of sp³-hybridized carbons (Fsp3) is 0.714. The van der Waals surface area contributed by atoms with E-state index in [0.717, 1.165) is 32.4 Å². The van der Waals surface area contributed by atoms with E-state index in [2.05, 4.69) is 20.2 Å². The molecule has 7 heteroatoms. The molecular formula is C21H31N5O2. The van der Waals surface area contributed by atoms with Crippen molar-refractivity contribution in [3.8, 4) is 0 Å². The number of nitrogens with one attached hydrogen (secondary N) is 1. The number of likely N-dealkylation sites (tertiary alicyclic amines) is 2. The first-order valence-corrected chi connectivity index (χ1v) is 10.7. The molecule has 28 heavy (non-hydrogen) atoms. The molecular weight excluding hydrogens is 354 g/mol. The second-order valence-electron chi connectivity index (χ2n) is 8.66. The number of carbonyl (C=O) groups is 2. The van der Waals surface area contributed by atoms with Crippen LogP contribution in [0.1, 0.15) is 61.7 Å². The molecule has 2 saturated heterocycles. The summed E-state index contributed by atoms with van der Waals surface area (Å²) < 4.78 is 0. The SMILES string of the molecule is CNc1ncc(C(=O)N2CC[C@]3(CCCN(CC4CCCCC4)C3=O)C2)cn1. The van der Waals surface area contributed by atoms with Crippen LogP contribution >= 0.6 is 0 Å². The third-order valence-electron chi connectivity index (χ3n) is 6.79. The molecule has 3 fully saturated rings. The Bertz CT molecular complexity index is 716. The van der Waals surface area contributed by atoms with E-state index in [9.17, 15) is 9.59 Å². The van der Waals surface area contributed by atoms with Crippen molar-refractivity contribution in [2.75, 3.05) is 38.5 Å². The van der Waals surface area contributed by atoms with Gasteiger partial charge in [0.25, 0.3) is 5.91 Å². The third-order valence-corrected chi connectivity index (χ3v) is 6.79. The van der Waals surface area contributed by atoms with Gasteiger partial charge >= 0.3 is 0 Å². The van der Waals surface area contributed by atoms with Crippen LogP contribution in [0.4, 0.5) is 5.95 Å². The lowest BCUT2D eigenvalue weighted by Crippen LogP contribution is -2.51. The van der Waals surface area contributed by atoms with Crippen molar-refractivity contribution in [3.63, 3.8) is 0 Å². The largest absolute Gasteiger partial charge is 0.357 e. The van der Waals surface area contributed by atoms with E-state index < -0.39 is 0 Å². The highest BCUT2D eigenvalue weighted by atomic mass is 16.2. The second kappa shape index (κ2) is 8.05. The van der Waals surface area contributed by atoms with Crippen LogP contribution in [-0.4, -0.2) is 64.8 Å². The molecule has 3 aliphatic rings. The Balaban J connectivity index is 1.41. The maximum atomic E-state index is 13.4. The molecule has 1 N–H and O–H groups in total. The van der Waals surface area contributed by atoms with Crippen molar-refractivity contribution < 1.29 is 9.59 Å². The monoisotopic (exact) mass is 385 g/mol. The zero-order valence-corrected chi connectivity index (χ0v) is 16.8. The predicted molar refractivity (Wildman–Crippen MR) is 107 cm³/mol. The van der Waals surface area contributed by atoms with Crippen LogP contribution in [0.25, 0.3) is 0 Å². The number of nitrogens with zero attached hydrogens (tertiary/aromatic N) is 4. The Morgan fingerprint density at radius 1 is 1.14 bits per heavy atom. The molecule has 152 valence electrons. The summed E-state index contributed by atoms with van der Waals surface area (Å²) in [5, 5.41) is 2.86. The van der Waals surface area contributed by atoms with Crippen molar-refractivity contribution in [1.29, 1.82) is 0 Å². The van der Waals surface area contributed by atoms with Gasteiger partial charge in [0.1, 0.15) is 0 Å². The van der Waals surface area contributed by atoms with E-state index in [1.807, 2.05) is 4.90 Å². The number of hydrogen-bond donors (Lipinski definition) is 1. The van der Waals surface area contributed by atoms with Gasteiger partial charge in [0, 0.05) is 45.6 Å². The Kier molecular flexibility index (Phi) is 5.51. The smallest absolute Gasteiger partial charge is 0.257 e. The third kappa shape index (κ3) is 3.71. The predicted octanol–water partition coefficient (Wildman–Crippen LogP) is 2.55. The minimum atomic E-state index is -0.381. The van der Waals surface area contributed by atoms with Crippen LogP contribution in [-0.2, 0) is 4.79 Å². The number of anilines is 1. The number of carbonyl (C=O) groups excluding carboxylic acids is 2. The maximum absolute atomic E-state index is 13.4. The molecule has 0 unspecified atom stereocenters. The van der Waals surface area contributed by atoms with Gasteiger partial charge in [0.2, 0.25) is 11.9 Å². The van der Waals surface area contributed by atoms with E-state index in [-0.39, 0.29) is 17.2 Å². The Hall–Kier alpha value is -2.18. The number of amides is 2. The number of piperidine rings is 1. The summed E-state index contributed by atoms with van der Waals surface area (Å²) in [6, 6.07) is 0. The first kappa shape index (κ1) is 19.2. The van der Waals surface area contributed by atoms with Crippen molar-refractivity contribution in [3.05, 3.63) is 18.0 Å². The molecule has 2 aliphatic heterocycles. The zero-order valence-electron chi connectivity index (χ0n) is 16.8. The number of rotatable bonds is 4. The molecule has 1 aliphatic carbocycles. The van der Waals surface area contributed by atoms with Gasteiger partial charge in [-0.25, -0.2) is 9.97 Å². The molecule has 1 atom stereocenters. The van der Waals surface area contributed by atoms with E-state index in [1.54, 1.807) is 19.4 Å². The molecule has 3 heterocycles. The van der Waals surface area contributed by atoms with Crippen molar-refractivity contribution in [2.24, 2.45) is 11.3 Å². The Labute approximate surface area is 166 Å². The van der Waals surface area contributed by atoms with Gasteiger partial charge in [-0.3, -0.25) is 9.59 Å². The summed E-state index contributed by atoms with van der Waals surface area (Å²) in [7, 11) is 1.74. The van der Waals surface area contributed by atoms with Crippen LogP contribution in [0.5, 0.6) is 0 Å². The molecule has 1 saturated carbocycles. The van der Waals surface area contributed by atoms with E-state index in [0.29, 0.717) is 30.5 Å². The van der Waals surface area contributed by atoms with Gasteiger partial charge in [-0.2, -0.15) is 0 Å². The fourth-order valence-electron chi connectivity index (χ4n) is 5.18. The van der Waals surface area contributed by atoms with Crippen LogP contribution in [0.15, 0.2) is 12.4 Å². The van der Waals surface area contributed by atoms with Crippen LogP contribution in [0, 0.1) is 11.3 Å². The topological polar surface area (TPSA) is 78.4 Å². The van der Waals surface area contributed by atoms with Crippen molar-refractivity contribution in [1.82, 2.24) is 19.8 Å². The molecule has 2 amide bonds. The molecule has 0 aromatic carbocycles. The molecule has 0 bridgehead atoms. The molecule has 7 nitrogen and oxygen atoms in total. The first-order valence-electron chi connectivity index (χ1n) is 10.7. The number of hydrogen-bond acceptors (Lipinski definition) is 5. The van der Waals surface area contributed by atoms with Crippen molar-refractivity contribution in [2.45, 2.75) is 51.4 Å². The quantitative estimate of drug-likeness (QED) is 0.862. The first-order chi connectivity index (χ1) is 13.6. The van der Waals surface area contributed by atoms with Crippen molar-refractivity contribution >= 4 is 17.8 Å². The van der Waals surface area contributed by atoms with Crippen LogP contribution in [0.2, 0.25) is 0 Å². The van der Waals surface area contributed by atoms with E-state index in [4.69, 9.17) is 0 Å². The average Bonchev–Trinajstić information content (AvgIpc) is 3.17. The highest BCUT2D eigenvalue weighted by Crippen LogP contribution is 2.41. The zero-order chi connectivity index (χ0) is 19.6. The van der Waals surface area contributed by atoms with Gasteiger partial charge in [0.05, 0.1) is 11.0 Å². The summed E-state index contributed by atoms with van der Waals surface area (Å²) in [5.74, 6) is 1.36. The van der Waals surface area contributed by atoms with Gasteiger partial charge in [-0.1, -0.05) is 19.3 Å². The molecule has 1 aromatic rings. The van der Waals surface area contributed by atoms with Gasteiger partial charge in [0.15, 0.2) is 0 Å². The summed E-state index contributed by atoms with van der Waals surface area (Å²) in [6.07, 6.45) is 12.3. The van der Waals surface area contributed by atoms with Crippen LogP contribution < -0.4 is 5.32 Å². The van der Waals surface area contributed by atoms with Gasteiger partial charge < -0.3 is 15.1 Å². The van der Waals surface area contributed by atoms with Gasteiger partial charge in [-0.05, 0) is 38.0 Å². The minimum Gasteiger partial charge on any atom is -0.357 e. The summed E-state index contributed by atoms with van der Waals surface area (Å²) in [6.45, 7) is 2.95. The lowest BCUT2D eigenvalue weighted by molar-refractivity contribution is -0.146. The van der Waals surface area contributed by atoms with Crippen LogP contribution in [0.3, 0.4) is 0 Å². The Morgan fingerprint density at radius 3 is 2.61 bits per heavy atom. The average molecular weight is 386 g/mol. The summed E-state index contributed by atoms with van der Waals surface area (Å²) >= 11 is 0. The lowest BCUT2D eigenvalue weighted by Gasteiger charge is -2.41. The summed E-state index contributed by atoms with van der Waals surface area (Å²) in [5.41, 5.74) is 0.104. The molecule has 4 rings (SSSR count). The molecule has 1 aromatic heterocycles. The minimum absolute atomic E-state index is 0.0725. The normalized spacial score (nSPS) is 26.1. The van der Waals surface area contributed by atoms with Gasteiger partial charge in [-0.15, -0.1) is 0 Å². The standard InChI is InChI=1S/C21H31N5O2/c1-22-20-23-12-17(13-24-20)18(27)26-11-9-21(15-26)8-5-10-25(19(21)28)14-16-6-3-2-4-7-16/h12-13,16H,2-11,14-15H2,1H3,(H,22,23,24)/t21-/m1/s1. The highest BCUT2D eigenvalue weighted by molar-refractivity contribution is 5.95. The number of aromatic nitrogens is 2. The highest BCUT2D eigenvalue weighted by Gasteiger charge is 2.49. The summed E-state index contributed by atoms with van der Waals surface area (Å²) in [4.78, 5) is 38.5. The maximum Gasteiger partial charge on any atom is 0.257 e. The molecule has 0 radical (unpaired) electrons. The van der Waals surface area contributed by atoms with E-state index in [1.165, 1.54) is 32.1 Å². The second-order valence-corrected chi connectivity index (χ2v) is 8.66. The molecule has 1 spiro atoms. The fourth-order valence-corrected chi connectivity index (χ4v) is 5.18. The van der Waals surface area contributed by atoms with E-state index >= 15 is 0 Å². The Morgan fingerprint density at radius 2 is 1.89 bits per heavy atom. The lowest BCUT2D eigenvalue weighted by atomic mass is 9.77.